The number of benzene rings is 1. The maximum Gasteiger partial charge on any atom is 0.150 e. The fourth-order valence-corrected chi connectivity index (χ4v) is 2.07. The van der Waals surface area contributed by atoms with Crippen LogP contribution in [0.1, 0.15) is 17.0 Å². The molecular weight excluding hydrogens is 222 g/mol. The Kier molecular flexibility index (Phi) is 2.98. The third-order valence-corrected chi connectivity index (χ3v) is 2.91. The van der Waals surface area contributed by atoms with Gasteiger partial charge in [0, 0.05) is 24.0 Å². The summed E-state index contributed by atoms with van der Waals surface area (Å²) < 4.78 is 28.3. The predicted octanol–water partition coefficient (Wildman–Crippen LogP) is 2.83. The average Bonchev–Trinajstić information content (AvgIpc) is 2.55. The molecule has 0 amide bonds. The van der Waals surface area contributed by atoms with Gasteiger partial charge in [-0.05, 0) is 37.6 Å². The van der Waals surface area contributed by atoms with Crippen molar-refractivity contribution in [1.29, 1.82) is 0 Å². The molecule has 2 aromatic rings. The third kappa shape index (κ3) is 1.96. The molecule has 1 aromatic carbocycles. The number of hydrogen-bond acceptors (Lipinski definition) is 1. The molecule has 0 spiro atoms. The van der Waals surface area contributed by atoms with E-state index in [0.717, 1.165) is 23.0 Å². The van der Waals surface area contributed by atoms with Crippen molar-refractivity contribution >= 4 is 0 Å². The second kappa shape index (κ2) is 4.30. The van der Waals surface area contributed by atoms with E-state index in [4.69, 9.17) is 5.73 Å². The van der Waals surface area contributed by atoms with Crippen molar-refractivity contribution in [3.8, 4) is 5.69 Å². The van der Waals surface area contributed by atoms with Crippen LogP contribution in [0.2, 0.25) is 0 Å². The van der Waals surface area contributed by atoms with Crippen LogP contribution in [0, 0.1) is 25.5 Å². The lowest BCUT2D eigenvalue weighted by atomic mass is 10.2. The van der Waals surface area contributed by atoms with Crippen LogP contribution in [0.25, 0.3) is 5.69 Å². The molecule has 0 unspecified atom stereocenters. The molecule has 0 bridgehead atoms. The van der Waals surface area contributed by atoms with E-state index in [-0.39, 0.29) is 0 Å². The zero-order valence-electron chi connectivity index (χ0n) is 9.80. The maximum atomic E-state index is 13.7. The summed E-state index contributed by atoms with van der Waals surface area (Å²) >= 11 is 0. The molecule has 0 atom stereocenters. The van der Waals surface area contributed by atoms with E-state index in [9.17, 15) is 8.78 Å². The standard InChI is InChI=1S/C13H14F2N2/c1-8-5-10(7-16)9(2)17(8)13-4-3-11(14)6-12(13)15/h3-6H,7,16H2,1-2H3. The minimum atomic E-state index is -0.576. The molecule has 0 aliphatic heterocycles. The van der Waals surface area contributed by atoms with Gasteiger partial charge in [0.25, 0.3) is 0 Å². The molecule has 0 saturated carbocycles. The number of nitrogens with zero attached hydrogens (tertiary/aromatic N) is 1. The van der Waals surface area contributed by atoms with Gasteiger partial charge >= 0.3 is 0 Å². The van der Waals surface area contributed by atoms with Crippen LogP contribution in [0.5, 0.6) is 0 Å². The van der Waals surface area contributed by atoms with Crippen molar-refractivity contribution in [3.05, 3.63) is 52.9 Å². The normalized spacial score (nSPS) is 10.9. The van der Waals surface area contributed by atoms with Gasteiger partial charge in [-0.2, -0.15) is 0 Å². The molecule has 2 N–H and O–H groups in total. The van der Waals surface area contributed by atoms with Gasteiger partial charge in [-0.15, -0.1) is 0 Å². The van der Waals surface area contributed by atoms with E-state index < -0.39 is 11.6 Å². The Bertz CT molecular complexity index is 559. The number of nitrogens with two attached hydrogens (primary N) is 1. The van der Waals surface area contributed by atoms with Crippen molar-refractivity contribution in [3.63, 3.8) is 0 Å². The molecule has 0 radical (unpaired) electrons. The maximum absolute atomic E-state index is 13.7. The molecule has 4 heteroatoms. The van der Waals surface area contributed by atoms with Crippen LogP contribution in [0.3, 0.4) is 0 Å². The molecule has 90 valence electrons. The molecule has 1 heterocycles. The van der Waals surface area contributed by atoms with Gasteiger partial charge in [0.1, 0.15) is 11.6 Å². The second-order valence-corrected chi connectivity index (χ2v) is 4.03. The van der Waals surface area contributed by atoms with Gasteiger partial charge in [0.15, 0.2) is 0 Å². The fraction of sp³-hybridized carbons (Fsp3) is 0.231. The smallest absolute Gasteiger partial charge is 0.150 e. The van der Waals surface area contributed by atoms with Crippen molar-refractivity contribution in [2.24, 2.45) is 5.73 Å². The Morgan fingerprint density at radius 1 is 1.18 bits per heavy atom. The van der Waals surface area contributed by atoms with Gasteiger partial charge in [-0.1, -0.05) is 0 Å². The molecule has 2 nitrogen and oxygen atoms in total. The minimum absolute atomic E-state index is 0.348. The SMILES string of the molecule is Cc1cc(CN)c(C)n1-c1ccc(F)cc1F. The van der Waals surface area contributed by atoms with Crippen LogP contribution in [-0.4, -0.2) is 4.57 Å². The zero-order valence-corrected chi connectivity index (χ0v) is 9.80. The first-order chi connectivity index (χ1) is 8.04. The Morgan fingerprint density at radius 3 is 2.41 bits per heavy atom. The summed E-state index contributed by atoms with van der Waals surface area (Å²) in [6.45, 7) is 4.15. The van der Waals surface area contributed by atoms with Gasteiger partial charge in [0.2, 0.25) is 0 Å². The highest BCUT2D eigenvalue weighted by atomic mass is 19.1. The van der Waals surface area contributed by atoms with Crippen LogP contribution < -0.4 is 5.73 Å². The van der Waals surface area contributed by atoms with Gasteiger partial charge in [-0.3, -0.25) is 0 Å². The van der Waals surface area contributed by atoms with Gasteiger partial charge in [0.05, 0.1) is 5.69 Å². The summed E-state index contributed by atoms with van der Waals surface area (Å²) in [5, 5.41) is 0. The summed E-state index contributed by atoms with van der Waals surface area (Å²) in [7, 11) is 0. The number of aryl methyl sites for hydroxylation is 1. The van der Waals surface area contributed by atoms with E-state index in [1.165, 1.54) is 12.1 Å². The molecule has 0 saturated heterocycles. The Morgan fingerprint density at radius 2 is 1.88 bits per heavy atom. The van der Waals surface area contributed by atoms with Crippen molar-refractivity contribution in [2.75, 3.05) is 0 Å². The lowest BCUT2D eigenvalue weighted by Crippen LogP contribution is -2.04. The van der Waals surface area contributed by atoms with Crippen LogP contribution >= 0.6 is 0 Å². The average molecular weight is 236 g/mol. The molecule has 0 fully saturated rings. The van der Waals surface area contributed by atoms with Crippen LogP contribution in [0.4, 0.5) is 8.78 Å². The Labute approximate surface area is 98.7 Å². The zero-order chi connectivity index (χ0) is 12.6. The van der Waals surface area contributed by atoms with E-state index in [1.54, 1.807) is 4.57 Å². The minimum Gasteiger partial charge on any atom is -0.326 e. The highest BCUT2D eigenvalue weighted by molar-refractivity contribution is 5.42. The summed E-state index contributed by atoms with van der Waals surface area (Å²) in [5.74, 6) is -1.15. The van der Waals surface area contributed by atoms with Crippen molar-refractivity contribution in [2.45, 2.75) is 20.4 Å². The highest BCUT2D eigenvalue weighted by Gasteiger charge is 2.13. The molecule has 17 heavy (non-hydrogen) atoms. The predicted molar refractivity (Wildman–Crippen MR) is 63.1 cm³/mol. The highest BCUT2D eigenvalue weighted by Crippen LogP contribution is 2.23. The second-order valence-electron chi connectivity index (χ2n) is 4.03. The number of hydrogen-bond donors (Lipinski definition) is 1. The molecule has 2 rings (SSSR count). The number of halogens is 2. The van der Waals surface area contributed by atoms with E-state index >= 15 is 0 Å². The largest absolute Gasteiger partial charge is 0.326 e. The van der Waals surface area contributed by atoms with Gasteiger partial charge < -0.3 is 10.3 Å². The lowest BCUT2D eigenvalue weighted by Gasteiger charge is -2.11. The van der Waals surface area contributed by atoms with E-state index in [1.807, 2.05) is 19.9 Å². The monoisotopic (exact) mass is 236 g/mol. The summed E-state index contributed by atoms with van der Waals surface area (Å²) in [6.07, 6.45) is 0. The summed E-state index contributed by atoms with van der Waals surface area (Å²) in [4.78, 5) is 0. The molecule has 0 aliphatic carbocycles. The lowest BCUT2D eigenvalue weighted by molar-refractivity contribution is 0.576. The summed E-state index contributed by atoms with van der Waals surface area (Å²) in [6, 6.07) is 5.48. The summed E-state index contributed by atoms with van der Waals surface area (Å²) in [5.41, 5.74) is 8.69. The quantitative estimate of drug-likeness (QED) is 0.854. The van der Waals surface area contributed by atoms with Gasteiger partial charge in [-0.25, -0.2) is 8.78 Å². The number of rotatable bonds is 2. The van der Waals surface area contributed by atoms with Crippen molar-refractivity contribution in [1.82, 2.24) is 4.57 Å². The number of aromatic nitrogens is 1. The first-order valence-corrected chi connectivity index (χ1v) is 5.38. The topological polar surface area (TPSA) is 30.9 Å². The Hall–Kier alpha value is -1.68. The van der Waals surface area contributed by atoms with Crippen LogP contribution in [-0.2, 0) is 6.54 Å². The van der Waals surface area contributed by atoms with E-state index in [0.29, 0.717) is 12.2 Å². The van der Waals surface area contributed by atoms with Crippen LogP contribution in [0.15, 0.2) is 24.3 Å². The first-order valence-electron chi connectivity index (χ1n) is 5.38. The fourth-order valence-electron chi connectivity index (χ4n) is 2.07. The molecular formula is C13H14F2N2. The molecule has 0 aliphatic rings. The van der Waals surface area contributed by atoms with Crippen molar-refractivity contribution < 1.29 is 8.78 Å². The third-order valence-electron chi connectivity index (χ3n) is 2.91. The molecule has 1 aromatic heterocycles. The van der Waals surface area contributed by atoms with E-state index in [2.05, 4.69) is 0 Å². The first kappa shape index (κ1) is 11.8. The Balaban J connectivity index is 2.64.